The van der Waals surface area contributed by atoms with Gasteiger partial charge in [0, 0.05) is 5.56 Å². The van der Waals surface area contributed by atoms with Crippen LogP contribution in [0.3, 0.4) is 0 Å². The average Bonchev–Trinajstić information content (AvgIpc) is 3.23. The first-order valence-electron chi connectivity index (χ1n) is 9.60. The maximum Gasteiger partial charge on any atom is 0.262 e. The molecule has 4 rings (SSSR count). The van der Waals surface area contributed by atoms with Gasteiger partial charge in [0.15, 0.2) is 29.5 Å². The number of hydrogen-bond acceptors (Lipinski definition) is 7. The molecule has 1 amide bonds. The molecule has 0 unspecified atom stereocenters. The molecule has 0 aliphatic carbocycles. The summed E-state index contributed by atoms with van der Waals surface area (Å²) in [7, 11) is 1.45. The van der Waals surface area contributed by atoms with Gasteiger partial charge in [-0.15, -0.1) is 0 Å². The van der Waals surface area contributed by atoms with Gasteiger partial charge in [0.1, 0.15) is 5.39 Å². The number of para-hydroxylation sites is 2. The maximum absolute atomic E-state index is 12.6. The number of nitrogens with one attached hydrogen (secondary N) is 2. The summed E-state index contributed by atoms with van der Waals surface area (Å²) >= 11 is 0. The number of nitrogens with zero attached hydrogens (tertiary/aromatic N) is 3. The highest BCUT2D eigenvalue weighted by Gasteiger charge is 2.15. The molecule has 2 N–H and O–H groups in total. The highest BCUT2D eigenvalue weighted by Crippen LogP contribution is 2.28. The van der Waals surface area contributed by atoms with Crippen molar-refractivity contribution in [1.82, 2.24) is 19.7 Å². The fourth-order valence-electron chi connectivity index (χ4n) is 3.13. The number of anilines is 1. The molecule has 10 nitrogen and oxygen atoms in total. The second kappa shape index (κ2) is 8.72. The minimum absolute atomic E-state index is 0.105. The Balaban J connectivity index is 1.53. The first kappa shape index (κ1) is 20.8. The van der Waals surface area contributed by atoms with Crippen LogP contribution in [0.4, 0.5) is 5.69 Å². The predicted molar refractivity (Wildman–Crippen MR) is 117 cm³/mol. The van der Waals surface area contributed by atoms with Gasteiger partial charge in [0.2, 0.25) is 0 Å². The summed E-state index contributed by atoms with van der Waals surface area (Å²) in [6, 6.07) is 11.7. The minimum Gasteiger partial charge on any atom is -0.493 e. The van der Waals surface area contributed by atoms with Crippen molar-refractivity contribution in [2.75, 3.05) is 19.0 Å². The lowest BCUT2D eigenvalue weighted by Gasteiger charge is -2.13. The van der Waals surface area contributed by atoms with Crippen molar-refractivity contribution in [3.05, 3.63) is 70.9 Å². The number of ether oxygens (including phenoxy) is 2. The van der Waals surface area contributed by atoms with Gasteiger partial charge in [-0.25, -0.2) is 9.67 Å². The number of carbonyl (C=O) groups is 2. The number of carbonyl (C=O) groups excluding carboxylic acids is 2. The van der Waals surface area contributed by atoms with Gasteiger partial charge >= 0.3 is 0 Å². The van der Waals surface area contributed by atoms with Gasteiger partial charge < -0.3 is 19.8 Å². The zero-order valence-corrected chi connectivity index (χ0v) is 17.3. The minimum atomic E-state index is -0.419. The van der Waals surface area contributed by atoms with Crippen molar-refractivity contribution in [3.63, 3.8) is 0 Å². The molecule has 2 aromatic carbocycles. The van der Waals surface area contributed by atoms with Gasteiger partial charge in [-0.3, -0.25) is 14.4 Å². The summed E-state index contributed by atoms with van der Waals surface area (Å²) in [6.07, 6.45) is 2.71. The Labute approximate surface area is 181 Å². The molecule has 10 heteroatoms. The molecule has 0 fully saturated rings. The van der Waals surface area contributed by atoms with Crippen LogP contribution in [0.5, 0.6) is 11.5 Å². The summed E-state index contributed by atoms with van der Waals surface area (Å²) in [5, 5.41) is 7.35. The van der Waals surface area contributed by atoms with Crippen LogP contribution < -0.4 is 20.3 Å². The van der Waals surface area contributed by atoms with E-state index in [1.807, 2.05) is 0 Å². The van der Waals surface area contributed by atoms with Crippen LogP contribution in [0.1, 0.15) is 17.3 Å². The molecular weight excluding hydrogens is 414 g/mol. The largest absolute Gasteiger partial charge is 0.493 e. The highest BCUT2D eigenvalue weighted by atomic mass is 16.5. The van der Waals surface area contributed by atoms with Gasteiger partial charge in [-0.1, -0.05) is 12.1 Å². The van der Waals surface area contributed by atoms with Crippen molar-refractivity contribution >= 4 is 28.4 Å². The zero-order valence-electron chi connectivity index (χ0n) is 17.3. The number of hydrogen-bond donors (Lipinski definition) is 2. The second-order valence-electron chi connectivity index (χ2n) is 6.80. The van der Waals surface area contributed by atoms with Gasteiger partial charge in [0.25, 0.3) is 11.5 Å². The molecule has 2 heterocycles. The first-order valence-corrected chi connectivity index (χ1v) is 9.60. The van der Waals surface area contributed by atoms with E-state index in [0.717, 1.165) is 0 Å². The lowest BCUT2D eigenvalue weighted by Crippen LogP contribution is -2.21. The van der Waals surface area contributed by atoms with Crippen molar-refractivity contribution in [2.24, 2.45) is 0 Å². The number of methoxy groups -OCH3 is 1. The van der Waals surface area contributed by atoms with E-state index in [2.05, 4.69) is 20.4 Å². The van der Waals surface area contributed by atoms with Crippen LogP contribution in [0.2, 0.25) is 0 Å². The van der Waals surface area contributed by atoms with Gasteiger partial charge in [-0.05, 0) is 37.3 Å². The normalized spacial score (nSPS) is 10.7. The molecule has 0 aliphatic heterocycles. The average molecular weight is 433 g/mol. The fraction of sp³-hybridized carbons (Fsp3) is 0.136. The van der Waals surface area contributed by atoms with Crippen molar-refractivity contribution in [2.45, 2.75) is 6.92 Å². The molecule has 0 saturated heterocycles. The van der Waals surface area contributed by atoms with Gasteiger partial charge in [0.05, 0.1) is 31.0 Å². The molecule has 0 atom stereocenters. The molecule has 2 aromatic heterocycles. The molecule has 0 bridgehead atoms. The summed E-state index contributed by atoms with van der Waals surface area (Å²) in [4.78, 5) is 42.7. The zero-order chi connectivity index (χ0) is 22.7. The molecule has 162 valence electrons. The van der Waals surface area contributed by atoms with Crippen LogP contribution in [-0.2, 0) is 4.79 Å². The third kappa shape index (κ3) is 4.06. The number of amides is 1. The Hall–Kier alpha value is -4.47. The number of H-pyrrole nitrogens is 1. The molecule has 0 saturated carbocycles. The van der Waals surface area contributed by atoms with Gasteiger partial charge in [-0.2, -0.15) is 5.10 Å². The van der Waals surface area contributed by atoms with Crippen molar-refractivity contribution in [3.8, 4) is 17.2 Å². The third-order valence-electron chi connectivity index (χ3n) is 4.71. The number of Topliss-reactive ketones (excluding diaryl/α,β-unsaturated/α-hetero) is 1. The van der Waals surface area contributed by atoms with E-state index >= 15 is 0 Å². The Morgan fingerprint density at radius 3 is 2.75 bits per heavy atom. The number of aromatic nitrogens is 4. The van der Waals surface area contributed by atoms with Crippen molar-refractivity contribution < 1.29 is 19.1 Å². The van der Waals surface area contributed by atoms with E-state index in [0.29, 0.717) is 39.5 Å². The van der Waals surface area contributed by atoms with Crippen LogP contribution in [-0.4, -0.2) is 45.2 Å². The monoisotopic (exact) mass is 433 g/mol. The fourth-order valence-corrected chi connectivity index (χ4v) is 3.13. The van der Waals surface area contributed by atoms with Crippen molar-refractivity contribution in [1.29, 1.82) is 0 Å². The topological polar surface area (TPSA) is 128 Å². The summed E-state index contributed by atoms with van der Waals surface area (Å²) in [5.74, 6) is 0.164. The third-order valence-corrected chi connectivity index (χ3v) is 4.71. The summed E-state index contributed by atoms with van der Waals surface area (Å²) in [6.45, 7) is 1.16. The maximum atomic E-state index is 12.6. The van der Waals surface area contributed by atoms with Crippen LogP contribution in [0, 0.1) is 0 Å². The molecule has 0 spiro atoms. The number of fused-ring (bicyclic) bond motifs is 1. The van der Waals surface area contributed by atoms with E-state index in [9.17, 15) is 14.4 Å². The number of aromatic amines is 1. The summed E-state index contributed by atoms with van der Waals surface area (Å²) < 4.78 is 12.3. The van der Waals surface area contributed by atoms with E-state index in [1.165, 1.54) is 31.2 Å². The van der Waals surface area contributed by atoms with E-state index in [-0.39, 0.29) is 17.9 Å². The Morgan fingerprint density at radius 2 is 1.97 bits per heavy atom. The van der Waals surface area contributed by atoms with Crippen LogP contribution >= 0.6 is 0 Å². The predicted octanol–water partition coefficient (Wildman–Crippen LogP) is 2.34. The van der Waals surface area contributed by atoms with Crippen LogP contribution in [0.25, 0.3) is 16.7 Å². The summed E-state index contributed by atoms with van der Waals surface area (Å²) in [5.41, 5.74) is 1.54. The second-order valence-corrected chi connectivity index (χ2v) is 6.80. The lowest BCUT2D eigenvalue weighted by atomic mass is 10.1. The number of ketones is 1. The smallest absolute Gasteiger partial charge is 0.262 e. The molecule has 0 radical (unpaired) electrons. The Bertz CT molecular complexity index is 1370. The number of rotatable bonds is 7. The SMILES string of the molecule is COc1cc(C(C)=O)ccc1OCC(=O)Nc1ccccc1-n1ncc2c(=O)[nH]cnc21. The van der Waals surface area contributed by atoms with E-state index < -0.39 is 5.91 Å². The first-order chi connectivity index (χ1) is 15.5. The van der Waals surface area contributed by atoms with E-state index in [4.69, 9.17) is 9.47 Å². The van der Waals surface area contributed by atoms with E-state index in [1.54, 1.807) is 42.5 Å². The quantitative estimate of drug-likeness (QED) is 0.428. The molecule has 4 aromatic rings. The Kier molecular flexibility index (Phi) is 5.67. The number of benzene rings is 2. The highest BCUT2D eigenvalue weighted by molar-refractivity contribution is 5.95. The van der Waals surface area contributed by atoms with Crippen LogP contribution in [0.15, 0.2) is 59.8 Å². The molecule has 32 heavy (non-hydrogen) atoms. The standard InChI is InChI=1S/C22H19N5O5/c1-13(28)14-7-8-18(19(9-14)31-2)32-11-20(29)26-16-5-3-4-6-17(16)27-21-15(10-25-27)22(30)24-12-23-21/h3-10,12H,11H2,1-2H3,(H,26,29)(H,23,24,30). The Morgan fingerprint density at radius 1 is 1.16 bits per heavy atom. The molecule has 0 aliphatic rings. The molecular formula is C22H19N5O5. The lowest BCUT2D eigenvalue weighted by molar-refractivity contribution is -0.118.